The van der Waals surface area contributed by atoms with Crippen LogP contribution in [0.1, 0.15) is 38.3 Å². The first-order chi connectivity index (χ1) is 20.5. The number of carbonyl (C=O) groups excluding carboxylic acids is 2. The minimum absolute atomic E-state index is 0.0977. The zero-order valence-corrected chi connectivity index (χ0v) is 23.6. The Kier molecular flexibility index (Phi) is 7.55. The monoisotopic (exact) mass is 561 g/mol. The van der Waals surface area contributed by atoms with Gasteiger partial charge in [0, 0.05) is 38.4 Å². The van der Waals surface area contributed by atoms with E-state index in [1.165, 1.54) is 0 Å². The molecule has 0 aliphatic carbocycles. The molecule has 0 radical (unpaired) electrons. The van der Waals surface area contributed by atoms with E-state index in [1.54, 1.807) is 42.0 Å². The smallest absolute Gasteiger partial charge is 0.259 e. The van der Waals surface area contributed by atoms with Gasteiger partial charge in [-0.3, -0.25) is 9.59 Å². The van der Waals surface area contributed by atoms with Crippen LogP contribution in [0.4, 0.5) is 0 Å². The molecule has 2 bridgehead atoms. The predicted molar refractivity (Wildman–Crippen MR) is 159 cm³/mol. The number of benzene rings is 3. The van der Waals surface area contributed by atoms with E-state index in [1.807, 2.05) is 77.7 Å². The molecule has 0 saturated carbocycles. The molecule has 42 heavy (non-hydrogen) atoms. The Bertz CT molecular complexity index is 1750. The number of nitrogens with zero attached hydrogens (tertiary/aromatic N) is 5. The Balaban J connectivity index is 1.32. The molecule has 0 fully saturated rings. The van der Waals surface area contributed by atoms with Gasteiger partial charge in [-0.2, -0.15) is 5.10 Å². The molecular formula is C33H31N5O4. The van der Waals surface area contributed by atoms with Crippen molar-refractivity contribution in [2.75, 3.05) is 27.3 Å². The highest BCUT2D eigenvalue weighted by Gasteiger charge is 2.23. The van der Waals surface area contributed by atoms with Crippen molar-refractivity contribution in [2.24, 2.45) is 0 Å². The van der Waals surface area contributed by atoms with E-state index in [-0.39, 0.29) is 11.8 Å². The number of rotatable bonds is 3. The largest absolute Gasteiger partial charge is 0.497 e. The molecule has 3 aromatic carbocycles. The highest BCUT2D eigenvalue weighted by Crippen LogP contribution is 2.25. The maximum absolute atomic E-state index is 14.1. The molecule has 0 unspecified atom stereocenters. The molecule has 6 rings (SSSR count). The van der Waals surface area contributed by atoms with E-state index < -0.39 is 0 Å². The molecule has 2 aromatic heterocycles. The van der Waals surface area contributed by atoms with Crippen LogP contribution in [0.25, 0.3) is 16.9 Å². The maximum Gasteiger partial charge on any atom is 0.259 e. The summed E-state index contributed by atoms with van der Waals surface area (Å²) in [5.41, 5.74) is 5.15. The number of hydrogen-bond acceptors (Lipinski definition) is 6. The topological polar surface area (TPSA) is 89.3 Å². The second-order valence-corrected chi connectivity index (χ2v) is 10.3. The van der Waals surface area contributed by atoms with Gasteiger partial charge in [0.1, 0.15) is 17.1 Å². The molecule has 1 aliphatic rings. The van der Waals surface area contributed by atoms with E-state index in [4.69, 9.17) is 9.47 Å². The number of amides is 2. The van der Waals surface area contributed by atoms with Crippen LogP contribution in [0.15, 0.2) is 91.3 Å². The summed E-state index contributed by atoms with van der Waals surface area (Å²) in [5.74, 6) is 1.04. The summed E-state index contributed by atoms with van der Waals surface area (Å²) in [6, 6.07) is 24.8. The van der Waals surface area contributed by atoms with Gasteiger partial charge in [-0.1, -0.05) is 36.4 Å². The standard InChI is InChI=1S/C33H31N5O4/c1-36-21-23-7-5-8-24(19-23)22-37(17-6-18-42-30-10-4-3-9-27(30)32(36)39)33(40)28-20-35-38-29(15-16-34-31(28)38)25-11-13-26(41-2)14-12-25/h3-5,7-16,19-20H,6,17-18,21-22H2,1-2H3. The fourth-order valence-corrected chi connectivity index (χ4v) is 5.25. The second-order valence-electron chi connectivity index (χ2n) is 10.3. The van der Waals surface area contributed by atoms with Gasteiger partial charge in [-0.15, -0.1) is 0 Å². The second kappa shape index (κ2) is 11.7. The number of aromatic nitrogens is 3. The third-order valence-electron chi connectivity index (χ3n) is 7.38. The molecule has 1 aliphatic heterocycles. The van der Waals surface area contributed by atoms with Crippen LogP contribution >= 0.6 is 0 Å². The van der Waals surface area contributed by atoms with Gasteiger partial charge in [0.15, 0.2) is 5.65 Å². The highest BCUT2D eigenvalue weighted by atomic mass is 16.5. The summed E-state index contributed by atoms with van der Waals surface area (Å²) >= 11 is 0. The number of hydrogen-bond donors (Lipinski definition) is 0. The van der Waals surface area contributed by atoms with Crippen molar-refractivity contribution in [1.29, 1.82) is 0 Å². The summed E-state index contributed by atoms with van der Waals surface area (Å²) in [4.78, 5) is 35.3. The Morgan fingerprint density at radius 2 is 1.74 bits per heavy atom. The van der Waals surface area contributed by atoms with Crippen LogP contribution in [-0.2, 0) is 13.1 Å². The van der Waals surface area contributed by atoms with Crippen LogP contribution in [0.5, 0.6) is 11.5 Å². The predicted octanol–water partition coefficient (Wildman–Crippen LogP) is 5.10. The van der Waals surface area contributed by atoms with Crippen LogP contribution < -0.4 is 9.47 Å². The number of ether oxygens (including phenoxy) is 2. The summed E-state index contributed by atoms with van der Waals surface area (Å²) < 4.78 is 13.0. The van der Waals surface area contributed by atoms with Gasteiger partial charge >= 0.3 is 0 Å². The van der Waals surface area contributed by atoms with E-state index in [2.05, 4.69) is 10.1 Å². The van der Waals surface area contributed by atoms with Crippen LogP contribution in [-0.4, -0.2) is 63.5 Å². The van der Waals surface area contributed by atoms with Gasteiger partial charge < -0.3 is 19.3 Å². The van der Waals surface area contributed by atoms with E-state index >= 15 is 0 Å². The summed E-state index contributed by atoms with van der Waals surface area (Å²) in [7, 11) is 3.41. The average Bonchev–Trinajstić information content (AvgIpc) is 3.46. The molecule has 0 saturated heterocycles. The minimum Gasteiger partial charge on any atom is -0.497 e. The van der Waals surface area contributed by atoms with Gasteiger partial charge in [0.05, 0.1) is 31.2 Å². The summed E-state index contributed by atoms with van der Waals surface area (Å²) in [5, 5.41) is 4.56. The summed E-state index contributed by atoms with van der Waals surface area (Å²) in [6.07, 6.45) is 3.86. The van der Waals surface area contributed by atoms with Crippen LogP contribution in [0.2, 0.25) is 0 Å². The summed E-state index contributed by atoms with van der Waals surface area (Å²) in [6.45, 7) is 1.64. The van der Waals surface area contributed by atoms with Gasteiger partial charge in [0.25, 0.3) is 11.8 Å². The van der Waals surface area contributed by atoms with Crippen molar-refractivity contribution in [2.45, 2.75) is 19.5 Å². The Labute approximate surface area is 243 Å². The van der Waals surface area contributed by atoms with E-state index in [0.717, 1.165) is 28.1 Å². The first-order valence-corrected chi connectivity index (χ1v) is 13.8. The van der Waals surface area contributed by atoms with Crippen molar-refractivity contribution in [3.05, 3.63) is 114 Å². The number of para-hydroxylation sites is 1. The molecule has 3 heterocycles. The maximum atomic E-state index is 14.1. The van der Waals surface area contributed by atoms with Crippen molar-refractivity contribution < 1.29 is 19.1 Å². The lowest BCUT2D eigenvalue weighted by atomic mass is 10.1. The Morgan fingerprint density at radius 1 is 0.952 bits per heavy atom. The normalized spacial score (nSPS) is 14.2. The zero-order chi connectivity index (χ0) is 29.1. The SMILES string of the molecule is COc1ccc(-c2ccnc3c(C(=O)N4CCCOc5ccccc5C(=O)N(C)Cc5cccc(c5)C4)cnn23)cc1. The molecule has 9 heteroatoms. The highest BCUT2D eigenvalue weighted by molar-refractivity contribution is 6.00. The molecule has 0 spiro atoms. The van der Waals surface area contributed by atoms with Crippen LogP contribution in [0, 0.1) is 0 Å². The third-order valence-corrected chi connectivity index (χ3v) is 7.38. The lowest BCUT2D eigenvalue weighted by molar-refractivity contribution is 0.0735. The fourth-order valence-electron chi connectivity index (χ4n) is 5.25. The van der Waals surface area contributed by atoms with E-state index in [0.29, 0.717) is 55.2 Å². The number of carbonyl (C=O) groups is 2. The quantitative estimate of drug-likeness (QED) is 0.305. The first kappa shape index (κ1) is 27.0. The van der Waals surface area contributed by atoms with Gasteiger partial charge in [-0.05, 0) is 60.0 Å². The van der Waals surface area contributed by atoms with Crippen molar-refractivity contribution in [3.63, 3.8) is 0 Å². The van der Waals surface area contributed by atoms with Gasteiger partial charge in [-0.25, -0.2) is 9.50 Å². The lowest BCUT2D eigenvalue weighted by Gasteiger charge is -2.24. The number of methoxy groups -OCH3 is 1. The van der Waals surface area contributed by atoms with Gasteiger partial charge in [0.2, 0.25) is 0 Å². The Morgan fingerprint density at radius 3 is 2.55 bits per heavy atom. The molecule has 0 atom stereocenters. The van der Waals surface area contributed by atoms with Crippen molar-refractivity contribution in [1.82, 2.24) is 24.4 Å². The molecule has 212 valence electrons. The molecular weight excluding hydrogens is 530 g/mol. The van der Waals surface area contributed by atoms with Crippen LogP contribution in [0.3, 0.4) is 0 Å². The fraction of sp³-hybridized carbons (Fsp3) is 0.212. The zero-order valence-electron chi connectivity index (χ0n) is 23.6. The van der Waals surface area contributed by atoms with Crippen molar-refractivity contribution >= 4 is 17.5 Å². The number of fused-ring (bicyclic) bond motifs is 4. The molecule has 0 N–H and O–H groups in total. The molecule has 2 amide bonds. The average molecular weight is 562 g/mol. The molecule has 9 nitrogen and oxygen atoms in total. The Hall–Kier alpha value is -5.18. The minimum atomic E-state index is -0.158. The van der Waals surface area contributed by atoms with Crippen molar-refractivity contribution in [3.8, 4) is 22.8 Å². The lowest BCUT2D eigenvalue weighted by Crippen LogP contribution is -2.33. The first-order valence-electron chi connectivity index (χ1n) is 13.8. The third kappa shape index (κ3) is 5.41. The van der Waals surface area contributed by atoms with E-state index in [9.17, 15) is 9.59 Å². The molecule has 5 aromatic rings.